The maximum absolute atomic E-state index is 3.46. The Morgan fingerprint density at radius 1 is 1.62 bits per heavy atom. The van der Waals surface area contributed by atoms with Crippen LogP contribution in [0.2, 0.25) is 0 Å². The van der Waals surface area contributed by atoms with E-state index in [-0.39, 0.29) is 0 Å². The standard InChI is InChI=1S/C10H16BrNS/c1-3-12-8(2)4-5-10-6-9(11)7-13-10/h6-8,12H,3-5H2,1-2H3. The predicted octanol–water partition coefficient (Wildman–Crippen LogP) is 3.44. The predicted molar refractivity (Wildman–Crippen MR) is 63.5 cm³/mol. The molecule has 0 aliphatic rings. The quantitative estimate of drug-likeness (QED) is 0.857. The molecule has 0 aromatic carbocycles. The smallest absolute Gasteiger partial charge is 0.0285 e. The molecule has 1 nitrogen and oxygen atoms in total. The molecule has 1 heterocycles. The molecule has 0 amide bonds. The van der Waals surface area contributed by atoms with Crippen molar-refractivity contribution in [3.05, 3.63) is 20.8 Å². The Bertz CT molecular complexity index is 247. The minimum Gasteiger partial charge on any atom is -0.315 e. The number of hydrogen-bond acceptors (Lipinski definition) is 2. The molecule has 0 saturated carbocycles. The normalized spacial score (nSPS) is 13.2. The van der Waals surface area contributed by atoms with Gasteiger partial charge in [0.05, 0.1) is 0 Å². The van der Waals surface area contributed by atoms with Gasteiger partial charge in [0.2, 0.25) is 0 Å². The lowest BCUT2D eigenvalue weighted by atomic mass is 10.1. The number of hydrogen-bond donors (Lipinski definition) is 1. The molecule has 0 aliphatic heterocycles. The molecule has 0 fully saturated rings. The van der Waals surface area contributed by atoms with Crippen molar-refractivity contribution in [2.45, 2.75) is 32.7 Å². The summed E-state index contributed by atoms with van der Waals surface area (Å²) in [5.74, 6) is 0. The van der Waals surface area contributed by atoms with Crippen LogP contribution in [-0.2, 0) is 6.42 Å². The second kappa shape index (κ2) is 5.78. The van der Waals surface area contributed by atoms with Gasteiger partial charge in [0.1, 0.15) is 0 Å². The number of halogens is 1. The van der Waals surface area contributed by atoms with Crippen molar-refractivity contribution >= 4 is 27.3 Å². The molecule has 1 aromatic rings. The second-order valence-corrected chi connectivity index (χ2v) is 5.14. The fourth-order valence-electron chi connectivity index (χ4n) is 1.29. The summed E-state index contributed by atoms with van der Waals surface area (Å²) in [6, 6.07) is 2.84. The maximum atomic E-state index is 3.46. The number of thiophene rings is 1. The van der Waals surface area contributed by atoms with Crippen LogP contribution in [0.3, 0.4) is 0 Å². The fourth-order valence-corrected chi connectivity index (χ4v) is 2.77. The van der Waals surface area contributed by atoms with E-state index in [9.17, 15) is 0 Å². The van der Waals surface area contributed by atoms with Crippen molar-refractivity contribution in [1.29, 1.82) is 0 Å². The van der Waals surface area contributed by atoms with Gasteiger partial charge in [-0.25, -0.2) is 0 Å². The Morgan fingerprint density at radius 3 is 2.92 bits per heavy atom. The molecule has 1 atom stereocenters. The molecule has 0 saturated heterocycles. The van der Waals surface area contributed by atoms with Crippen LogP contribution < -0.4 is 5.32 Å². The topological polar surface area (TPSA) is 12.0 Å². The Morgan fingerprint density at radius 2 is 2.38 bits per heavy atom. The molecule has 13 heavy (non-hydrogen) atoms. The SMILES string of the molecule is CCNC(C)CCc1cc(Br)cs1. The van der Waals surface area contributed by atoms with Crippen LogP contribution in [0.4, 0.5) is 0 Å². The van der Waals surface area contributed by atoms with Crippen molar-refractivity contribution in [3.8, 4) is 0 Å². The molecule has 1 aromatic heterocycles. The van der Waals surface area contributed by atoms with Gasteiger partial charge in [0.15, 0.2) is 0 Å². The van der Waals surface area contributed by atoms with E-state index in [1.807, 2.05) is 11.3 Å². The van der Waals surface area contributed by atoms with E-state index in [4.69, 9.17) is 0 Å². The molecule has 1 unspecified atom stereocenters. The van der Waals surface area contributed by atoms with E-state index in [0.717, 1.165) is 6.54 Å². The summed E-state index contributed by atoms with van der Waals surface area (Å²) >= 11 is 5.30. The molecule has 1 rings (SSSR count). The summed E-state index contributed by atoms with van der Waals surface area (Å²) in [4.78, 5) is 1.47. The largest absolute Gasteiger partial charge is 0.315 e. The van der Waals surface area contributed by atoms with Gasteiger partial charge < -0.3 is 5.32 Å². The minimum atomic E-state index is 0.630. The lowest BCUT2D eigenvalue weighted by Gasteiger charge is -2.10. The van der Waals surface area contributed by atoms with Crippen LogP contribution in [-0.4, -0.2) is 12.6 Å². The van der Waals surface area contributed by atoms with Crippen molar-refractivity contribution in [1.82, 2.24) is 5.32 Å². The summed E-state index contributed by atoms with van der Waals surface area (Å²) in [5, 5.41) is 5.56. The average molecular weight is 262 g/mol. The molecule has 1 N–H and O–H groups in total. The van der Waals surface area contributed by atoms with E-state index in [2.05, 4.69) is 46.5 Å². The first kappa shape index (κ1) is 11.2. The third-order valence-corrected chi connectivity index (χ3v) is 3.76. The molecule has 74 valence electrons. The zero-order valence-electron chi connectivity index (χ0n) is 8.14. The fraction of sp³-hybridized carbons (Fsp3) is 0.600. The van der Waals surface area contributed by atoms with E-state index in [0.29, 0.717) is 6.04 Å². The van der Waals surface area contributed by atoms with Gasteiger partial charge in [-0.15, -0.1) is 11.3 Å². The Kier molecular flexibility index (Phi) is 4.99. The number of rotatable bonds is 5. The van der Waals surface area contributed by atoms with E-state index < -0.39 is 0 Å². The first-order valence-electron chi connectivity index (χ1n) is 4.68. The van der Waals surface area contributed by atoms with E-state index in [1.165, 1.54) is 22.2 Å². The molecular formula is C10H16BrNS. The summed E-state index contributed by atoms with van der Waals surface area (Å²) in [6.45, 7) is 5.46. The van der Waals surface area contributed by atoms with Crippen LogP contribution >= 0.6 is 27.3 Å². The summed E-state index contributed by atoms with van der Waals surface area (Å²) in [5.41, 5.74) is 0. The van der Waals surface area contributed by atoms with Crippen molar-refractivity contribution in [3.63, 3.8) is 0 Å². The first-order chi connectivity index (χ1) is 6.22. The Balaban J connectivity index is 2.26. The minimum absolute atomic E-state index is 0.630. The third kappa shape index (κ3) is 4.25. The molecule has 3 heteroatoms. The van der Waals surface area contributed by atoms with Gasteiger partial charge in [0, 0.05) is 20.8 Å². The lowest BCUT2D eigenvalue weighted by molar-refractivity contribution is 0.532. The molecule has 0 aliphatic carbocycles. The summed E-state index contributed by atoms with van der Waals surface area (Å²) in [7, 11) is 0. The number of nitrogens with one attached hydrogen (secondary N) is 1. The van der Waals surface area contributed by atoms with Gasteiger partial charge in [-0.1, -0.05) is 6.92 Å². The van der Waals surface area contributed by atoms with Gasteiger partial charge >= 0.3 is 0 Å². The van der Waals surface area contributed by atoms with Crippen molar-refractivity contribution in [2.75, 3.05) is 6.54 Å². The maximum Gasteiger partial charge on any atom is 0.0285 e. The first-order valence-corrected chi connectivity index (χ1v) is 6.36. The molecule has 0 radical (unpaired) electrons. The van der Waals surface area contributed by atoms with Crippen molar-refractivity contribution < 1.29 is 0 Å². The van der Waals surface area contributed by atoms with Gasteiger partial charge in [0.25, 0.3) is 0 Å². The van der Waals surface area contributed by atoms with Crippen LogP contribution in [0.15, 0.2) is 15.9 Å². The van der Waals surface area contributed by atoms with Crippen LogP contribution in [0.25, 0.3) is 0 Å². The van der Waals surface area contributed by atoms with E-state index in [1.54, 1.807) is 0 Å². The van der Waals surface area contributed by atoms with Gasteiger partial charge in [-0.2, -0.15) is 0 Å². The van der Waals surface area contributed by atoms with Crippen LogP contribution in [0.5, 0.6) is 0 Å². The molecule has 0 bridgehead atoms. The highest BCUT2D eigenvalue weighted by Crippen LogP contribution is 2.21. The van der Waals surface area contributed by atoms with Crippen LogP contribution in [0, 0.1) is 0 Å². The third-order valence-electron chi connectivity index (χ3n) is 2.00. The highest BCUT2D eigenvalue weighted by Gasteiger charge is 2.02. The Hall–Kier alpha value is 0.140. The number of aryl methyl sites for hydroxylation is 1. The second-order valence-electron chi connectivity index (χ2n) is 3.23. The van der Waals surface area contributed by atoms with Gasteiger partial charge in [-0.3, -0.25) is 0 Å². The average Bonchev–Trinajstić information content (AvgIpc) is 2.49. The lowest BCUT2D eigenvalue weighted by Crippen LogP contribution is -2.25. The summed E-state index contributed by atoms with van der Waals surface area (Å²) < 4.78 is 1.21. The Labute approximate surface area is 92.7 Å². The van der Waals surface area contributed by atoms with Crippen molar-refractivity contribution in [2.24, 2.45) is 0 Å². The molecule has 0 spiro atoms. The molecular weight excluding hydrogens is 246 g/mol. The van der Waals surface area contributed by atoms with Gasteiger partial charge in [-0.05, 0) is 48.3 Å². The summed E-state index contributed by atoms with van der Waals surface area (Å²) in [6.07, 6.45) is 2.41. The van der Waals surface area contributed by atoms with Crippen LogP contribution in [0.1, 0.15) is 25.1 Å². The zero-order chi connectivity index (χ0) is 9.68. The monoisotopic (exact) mass is 261 g/mol. The highest BCUT2D eigenvalue weighted by molar-refractivity contribution is 9.10. The zero-order valence-corrected chi connectivity index (χ0v) is 10.5. The highest BCUT2D eigenvalue weighted by atomic mass is 79.9. The van der Waals surface area contributed by atoms with E-state index >= 15 is 0 Å².